The third-order valence-electron chi connectivity index (χ3n) is 2.57. The molecule has 0 saturated carbocycles. The Hall–Kier alpha value is -1.42. The minimum Gasteiger partial charge on any atom is -0.496 e. The quantitative estimate of drug-likeness (QED) is 0.810. The van der Waals surface area contributed by atoms with Crippen molar-refractivity contribution in [2.75, 3.05) is 20.8 Å². The van der Waals surface area contributed by atoms with Crippen LogP contribution in [-0.2, 0) is 6.42 Å². The summed E-state index contributed by atoms with van der Waals surface area (Å²) in [6.07, 6.45) is 1.70. The van der Waals surface area contributed by atoms with Crippen molar-refractivity contribution in [1.29, 1.82) is 0 Å². The molecule has 1 aromatic rings. The van der Waals surface area contributed by atoms with Gasteiger partial charge in [-0.2, -0.15) is 0 Å². The van der Waals surface area contributed by atoms with Crippen LogP contribution >= 0.6 is 0 Å². The number of hydrogen-bond donors (Lipinski definition) is 1. The van der Waals surface area contributed by atoms with Crippen molar-refractivity contribution < 1.29 is 14.2 Å². The molecule has 0 bridgehead atoms. The van der Waals surface area contributed by atoms with E-state index in [4.69, 9.17) is 19.9 Å². The molecule has 1 aromatic carbocycles. The van der Waals surface area contributed by atoms with E-state index in [1.807, 2.05) is 19.1 Å². The van der Waals surface area contributed by atoms with Crippen LogP contribution in [0.1, 0.15) is 25.8 Å². The van der Waals surface area contributed by atoms with Gasteiger partial charge in [0.05, 0.1) is 20.8 Å². The Balaban J connectivity index is 3.06. The lowest BCUT2D eigenvalue weighted by molar-refractivity contribution is 0.291. The summed E-state index contributed by atoms with van der Waals surface area (Å²) in [5.41, 5.74) is 6.87. The maximum absolute atomic E-state index is 5.83. The summed E-state index contributed by atoms with van der Waals surface area (Å²) in [4.78, 5) is 0. The van der Waals surface area contributed by atoms with Crippen LogP contribution in [0.25, 0.3) is 0 Å². The van der Waals surface area contributed by atoms with Gasteiger partial charge in [0.2, 0.25) is 0 Å². The van der Waals surface area contributed by atoms with Crippen LogP contribution in [0.5, 0.6) is 17.2 Å². The molecule has 0 aliphatic heterocycles. The second kappa shape index (κ2) is 7.11. The monoisotopic (exact) mass is 253 g/mol. The molecule has 4 heteroatoms. The van der Waals surface area contributed by atoms with Gasteiger partial charge >= 0.3 is 0 Å². The number of nitrogens with two attached hydrogens (primary N) is 1. The Morgan fingerprint density at radius 1 is 1.11 bits per heavy atom. The first-order chi connectivity index (χ1) is 8.62. The summed E-state index contributed by atoms with van der Waals surface area (Å²) < 4.78 is 16.4. The molecule has 1 rings (SSSR count). The molecule has 0 aromatic heterocycles. The molecule has 0 spiro atoms. The van der Waals surface area contributed by atoms with Gasteiger partial charge in [-0.1, -0.05) is 6.92 Å². The van der Waals surface area contributed by atoms with Crippen molar-refractivity contribution in [2.45, 2.75) is 32.7 Å². The molecule has 4 nitrogen and oxygen atoms in total. The molecule has 102 valence electrons. The van der Waals surface area contributed by atoms with Gasteiger partial charge in [-0.25, -0.2) is 0 Å². The molecule has 1 atom stereocenters. The lowest BCUT2D eigenvalue weighted by Gasteiger charge is -2.16. The van der Waals surface area contributed by atoms with Crippen LogP contribution in [0.3, 0.4) is 0 Å². The average Bonchev–Trinajstić information content (AvgIpc) is 2.35. The fraction of sp³-hybridized carbons (Fsp3) is 0.571. The van der Waals surface area contributed by atoms with E-state index in [9.17, 15) is 0 Å². The molecule has 0 aliphatic carbocycles. The van der Waals surface area contributed by atoms with Crippen LogP contribution in [-0.4, -0.2) is 26.9 Å². The maximum atomic E-state index is 5.83. The highest BCUT2D eigenvalue weighted by molar-refractivity contribution is 5.51. The lowest BCUT2D eigenvalue weighted by atomic mass is 10.1. The Labute approximate surface area is 109 Å². The fourth-order valence-electron chi connectivity index (χ4n) is 1.76. The van der Waals surface area contributed by atoms with Crippen molar-refractivity contribution in [2.24, 2.45) is 5.73 Å². The van der Waals surface area contributed by atoms with Crippen LogP contribution in [0.4, 0.5) is 0 Å². The first kappa shape index (κ1) is 14.6. The third-order valence-corrected chi connectivity index (χ3v) is 2.57. The van der Waals surface area contributed by atoms with Gasteiger partial charge in [0.1, 0.15) is 5.75 Å². The standard InChI is InChI=1S/C14H23NO3/c1-5-6-18-14-9-12(16-3)11(7-10(2)15)8-13(14)17-4/h8-10H,5-7,15H2,1-4H3/t10-/m1/s1. The average molecular weight is 253 g/mol. The predicted molar refractivity (Wildman–Crippen MR) is 72.7 cm³/mol. The van der Waals surface area contributed by atoms with Gasteiger partial charge < -0.3 is 19.9 Å². The number of methoxy groups -OCH3 is 2. The highest BCUT2D eigenvalue weighted by Crippen LogP contribution is 2.35. The molecule has 0 amide bonds. The Morgan fingerprint density at radius 3 is 2.28 bits per heavy atom. The molecular formula is C14H23NO3. The topological polar surface area (TPSA) is 53.7 Å². The van der Waals surface area contributed by atoms with Gasteiger partial charge in [0.15, 0.2) is 11.5 Å². The van der Waals surface area contributed by atoms with Crippen molar-refractivity contribution in [3.63, 3.8) is 0 Å². The molecule has 0 heterocycles. The van der Waals surface area contributed by atoms with Crippen LogP contribution < -0.4 is 19.9 Å². The van der Waals surface area contributed by atoms with Crippen molar-refractivity contribution in [1.82, 2.24) is 0 Å². The molecule has 0 radical (unpaired) electrons. The van der Waals surface area contributed by atoms with Gasteiger partial charge in [0.25, 0.3) is 0 Å². The highest BCUT2D eigenvalue weighted by atomic mass is 16.5. The second-order valence-electron chi connectivity index (χ2n) is 4.34. The minimum atomic E-state index is 0.0750. The van der Waals surface area contributed by atoms with E-state index in [1.54, 1.807) is 14.2 Å². The molecule has 0 saturated heterocycles. The lowest BCUT2D eigenvalue weighted by Crippen LogP contribution is -2.18. The number of hydrogen-bond acceptors (Lipinski definition) is 4. The summed E-state index contributed by atoms with van der Waals surface area (Å²) in [6.45, 7) is 4.69. The summed E-state index contributed by atoms with van der Waals surface area (Å²) >= 11 is 0. The zero-order valence-electron chi connectivity index (χ0n) is 11.7. The van der Waals surface area contributed by atoms with E-state index in [-0.39, 0.29) is 6.04 Å². The van der Waals surface area contributed by atoms with Crippen molar-refractivity contribution in [3.8, 4) is 17.2 Å². The number of benzene rings is 1. The zero-order valence-corrected chi connectivity index (χ0v) is 11.7. The normalized spacial score (nSPS) is 12.1. The smallest absolute Gasteiger partial charge is 0.164 e. The Bertz CT molecular complexity index is 378. The summed E-state index contributed by atoms with van der Waals surface area (Å²) in [7, 11) is 3.28. The number of rotatable bonds is 7. The first-order valence-electron chi connectivity index (χ1n) is 6.25. The number of ether oxygens (including phenoxy) is 3. The maximum Gasteiger partial charge on any atom is 0.164 e. The summed E-state index contributed by atoms with van der Waals surface area (Å²) in [6, 6.07) is 3.88. The van der Waals surface area contributed by atoms with Gasteiger partial charge in [-0.15, -0.1) is 0 Å². The van der Waals surface area contributed by atoms with E-state index in [0.29, 0.717) is 12.4 Å². The van der Waals surface area contributed by atoms with Gasteiger partial charge in [-0.3, -0.25) is 0 Å². The zero-order chi connectivity index (χ0) is 13.5. The van der Waals surface area contributed by atoms with Crippen LogP contribution in [0.15, 0.2) is 12.1 Å². The predicted octanol–water partition coefficient (Wildman–Crippen LogP) is 2.38. The Morgan fingerprint density at radius 2 is 1.78 bits per heavy atom. The SMILES string of the molecule is CCCOc1cc(OC)c(C[C@@H](C)N)cc1OC. The molecule has 0 fully saturated rings. The van der Waals surface area contributed by atoms with Gasteiger partial charge in [0, 0.05) is 12.1 Å². The molecular weight excluding hydrogens is 230 g/mol. The molecule has 0 aliphatic rings. The van der Waals surface area contributed by atoms with E-state index in [0.717, 1.165) is 29.9 Å². The fourth-order valence-corrected chi connectivity index (χ4v) is 1.76. The van der Waals surface area contributed by atoms with Crippen LogP contribution in [0.2, 0.25) is 0 Å². The largest absolute Gasteiger partial charge is 0.496 e. The van der Waals surface area contributed by atoms with Crippen molar-refractivity contribution >= 4 is 0 Å². The van der Waals surface area contributed by atoms with E-state index >= 15 is 0 Å². The van der Waals surface area contributed by atoms with E-state index in [1.165, 1.54) is 0 Å². The Kier molecular flexibility index (Phi) is 5.78. The second-order valence-corrected chi connectivity index (χ2v) is 4.34. The summed E-state index contributed by atoms with van der Waals surface area (Å²) in [5.74, 6) is 2.23. The minimum absolute atomic E-state index is 0.0750. The van der Waals surface area contributed by atoms with E-state index in [2.05, 4.69) is 6.92 Å². The first-order valence-corrected chi connectivity index (χ1v) is 6.25. The van der Waals surface area contributed by atoms with Crippen molar-refractivity contribution in [3.05, 3.63) is 17.7 Å². The molecule has 18 heavy (non-hydrogen) atoms. The summed E-state index contributed by atoms with van der Waals surface area (Å²) in [5, 5.41) is 0. The third kappa shape index (κ3) is 3.81. The molecule has 0 unspecified atom stereocenters. The van der Waals surface area contributed by atoms with E-state index < -0.39 is 0 Å². The molecule has 2 N–H and O–H groups in total. The van der Waals surface area contributed by atoms with Crippen LogP contribution in [0, 0.1) is 0 Å². The van der Waals surface area contributed by atoms with Gasteiger partial charge in [-0.05, 0) is 31.4 Å². The highest BCUT2D eigenvalue weighted by Gasteiger charge is 2.13.